The fraction of sp³-hybridized carbons (Fsp3) is 0.0526. The normalized spacial score (nSPS) is 10.8. The zero-order valence-corrected chi connectivity index (χ0v) is 12.4. The van der Waals surface area contributed by atoms with E-state index in [-0.39, 0.29) is 0 Å². The maximum absolute atomic E-state index is 5.42. The summed E-state index contributed by atoms with van der Waals surface area (Å²) in [5, 5.41) is 8.68. The molecule has 0 amide bonds. The molecule has 2 heterocycles. The molecule has 4 heteroatoms. The van der Waals surface area contributed by atoms with E-state index in [0.29, 0.717) is 0 Å². The number of para-hydroxylation sites is 1. The molecule has 0 atom stereocenters. The summed E-state index contributed by atoms with van der Waals surface area (Å²) in [6, 6.07) is 20.1. The van der Waals surface area contributed by atoms with E-state index in [4.69, 9.17) is 4.52 Å². The number of hydrogen-bond donors (Lipinski definition) is 1. The van der Waals surface area contributed by atoms with E-state index in [1.54, 1.807) is 6.20 Å². The number of nitrogens with one attached hydrogen (secondary N) is 1. The van der Waals surface area contributed by atoms with Crippen LogP contribution in [0.1, 0.15) is 5.56 Å². The predicted octanol–water partition coefficient (Wildman–Crippen LogP) is 4.50. The number of benzene rings is 2. The Morgan fingerprint density at radius 3 is 2.65 bits per heavy atom. The lowest BCUT2D eigenvalue weighted by atomic mass is 10.1. The summed E-state index contributed by atoms with van der Waals surface area (Å²) in [6.45, 7) is 0.744. The van der Waals surface area contributed by atoms with E-state index in [9.17, 15) is 0 Å². The zero-order chi connectivity index (χ0) is 15.5. The van der Waals surface area contributed by atoms with Gasteiger partial charge >= 0.3 is 0 Å². The lowest BCUT2D eigenvalue weighted by Crippen LogP contribution is -2.01. The third-order valence-electron chi connectivity index (χ3n) is 3.78. The van der Waals surface area contributed by atoms with Crippen LogP contribution in [0.2, 0.25) is 0 Å². The van der Waals surface area contributed by atoms with E-state index in [0.717, 1.165) is 34.5 Å². The van der Waals surface area contributed by atoms with Crippen LogP contribution in [0.3, 0.4) is 0 Å². The monoisotopic (exact) mass is 301 g/mol. The Balaban J connectivity index is 1.70. The van der Waals surface area contributed by atoms with Crippen LogP contribution >= 0.6 is 0 Å². The summed E-state index contributed by atoms with van der Waals surface area (Å²) in [7, 11) is 0. The predicted molar refractivity (Wildman–Crippen MR) is 91.0 cm³/mol. The Hall–Kier alpha value is -3.14. The summed E-state index contributed by atoms with van der Waals surface area (Å²) in [5.74, 6) is 0. The molecule has 4 nitrogen and oxygen atoms in total. The van der Waals surface area contributed by atoms with Crippen molar-refractivity contribution in [2.75, 3.05) is 5.32 Å². The summed E-state index contributed by atoms with van der Waals surface area (Å²) < 4.78 is 5.42. The zero-order valence-electron chi connectivity index (χ0n) is 12.4. The molecule has 0 saturated carbocycles. The number of fused-ring (bicyclic) bond motifs is 1. The lowest BCUT2D eigenvalue weighted by molar-refractivity contribution is 0.459. The third-order valence-corrected chi connectivity index (χ3v) is 3.78. The molecule has 0 spiro atoms. The van der Waals surface area contributed by atoms with Gasteiger partial charge in [-0.25, -0.2) is 0 Å². The van der Waals surface area contributed by atoms with Crippen LogP contribution in [-0.4, -0.2) is 10.1 Å². The maximum atomic E-state index is 5.42. The first-order valence-corrected chi connectivity index (χ1v) is 7.48. The molecule has 0 fully saturated rings. The molecule has 0 aliphatic rings. The van der Waals surface area contributed by atoms with Gasteiger partial charge in [0.05, 0.1) is 0 Å². The van der Waals surface area contributed by atoms with Crippen molar-refractivity contribution >= 4 is 16.7 Å². The molecular formula is C19H15N3O. The van der Waals surface area contributed by atoms with E-state index in [1.165, 1.54) is 5.56 Å². The van der Waals surface area contributed by atoms with E-state index in [1.807, 2.05) is 54.7 Å². The highest BCUT2D eigenvalue weighted by Crippen LogP contribution is 2.32. The molecule has 0 bridgehead atoms. The van der Waals surface area contributed by atoms with Crippen molar-refractivity contribution in [2.24, 2.45) is 0 Å². The summed E-state index contributed by atoms with van der Waals surface area (Å²) in [4.78, 5) is 4.24. The number of pyridine rings is 1. The minimum atomic E-state index is 0.744. The second kappa shape index (κ2) is 5.93. The highest BCUT2D eigenvalue weighted by molar-refractivity contribution is 5.94. The van der Waals surface area contributed by atoms with Gasteiger partial charge in [0.25, 0.3) is 0 Å². The Morgan fingerprint density at radius 2 is 1.74 bits per heavy atom. The van der Waals surface area contributed by atoms with Crippen LogP contribution in [0.5, 0.6) is 0 Å². The number of hydrogen-bond acceptors (Lipinski definition) is 4. The smallest absolute Gasteiger partial charge is 0.167 e. The van der Waals surface area contributed by atoms with Gasteiger partial charge in [-0.15, -0.1) is 0 Å². The molecule has 4 rings (SSSR count). The molecule has 2 aromatic carbocycles. The van der Waals surface area contributed by atoms with Crippen molar-refractivity contribution in [1.82, 2.24) is 10.1 Å². The van der Waals surface area contributed by atoms with Gasteiger partial charge in [-0.2, -0.15) is 0 Å². The van der Waals surface area contributed by atoms with Crippen molar-refractivity contribution < 1.29 is 4.52 Å². The minimum absolute atomic E-state index is 0.744. The first-order chi connectivity index (χ1) is 11.4. The van der Waals surface area contributed by atoms with Gasteiger partial charge in [0.2, 0.25) is 0 Å². The molecule has 112 valence electrons. The molecule has 1 N–H and O–H groups in total. The molecule has 2 aromatic heterocycles. The van der Waals surface area contributed by atoms with Gasteiger partial charge < -0.3 is 9.84 Å². The van der Waals surface area contributed by atoms with Gasteiger partial charge in [0.1, 0.15) is 5.69 Å². The Labute approximate surface area is 133 Å². The number of anilines is 1. The van der Waals surface area contributed by atoms with Crippen LogP contribution in [0.25, 0.3) is 22.2 Å². The van der Waals surface area contributed by atoms with Gasteiger partial charge in [-0.3, -0.25) is 4.98 Å². The van der Waals surface area contributed by atoms with Gasteiger partial charge in [0, 0.05) is 35.6 Å². The molecular weight excluding hydrogens is 286 g/mol. The van der Waals surface area contributed by atoms with Crippen LogP contribution in [0.4, 0.5) is 5.69 Å². The summed E-state index contributed by atoms with van der Waals surface area (Å²) in [5.41, 5.74) is 4.74. The molecule has 23 heavy (non-hydrogen) atoms. The van der Waals surface area contributed by atoms with Gasteiger partial charge in [-0.05, 0) is 23.8 Å². The first-order valence-electron chi connectivity index (χ1n) is 7.48. The van der Waals surface area contributed by atoms with E-state index < -0.39 is 0 Å². The largest absolute Gasteiger partial charge is 0.380 e. The van der Waals surface area contributed by atoms with Crippen LogP contribution in [-0.2, 0) is 6.54 Å². The minimum Gasteiger partial charge on any atom is -0.380 e. The lowest BCUT2D eigenvalue weighted by Gasteiger charge is -2.10. The van der Waals surface area contributed by atoms with Crippen molar-refractivity contribution in [3.8, 4) is 11.3 Å². The molecule has 0 aliphatic carbocycles. The average Bonchev–Trinajstić information content (AvgIpc) is 3.05. The summed E-state index contributed by atoms with van der Waals surface area (Å²) in [6.07, 6.45) is 3.59. The second-order valence-corrected chi connectivity index (χ2v) is 5.29. The van der Waals surface area contributed by atoms with Crippen molar-refractivity contribution in [2.45, 2.75) is 6.54 Å². The summed E-state index contributed by atoms with van der Waals surface area (Å²) >= 11 is 0. The third kappa shape index (κ3) is 2.66. The van der Waals surface area contributed by atoms with E-state index in [2.05, 4.69) is 27.6 Å². The van der Waals surface area contributed by atoms with Crippen LogP contribution in [0, 0.1) is 0 Å². The Bertz CT molecular complexity index is 931. The number of rotatable bonds is 4. The first kappa shape index (κ1) is 13.5. The number of nitrogens with zero attached hydrogens (tertiary/aromatic N) is 2. The highest BCUT2D eigenvalue weighted by Gasteiger charge is 2.13. The van der Waals surface area contributed by atoms with Crippen LogP contribution < -0.4 is 5.32 Å². The standard InChI is InChI=1S/C19H15N3O/c1-2-6-14(7-3-1)12-21-17-10-11-20-13-16(17)19-15-8-4-5-9-18(15)23-22-19/h1-11,13H,12H2,(H,20,21). The SMILES string of the molecule is c1ccc(CNc2ccncc2-c2noc3ccccc23)cc1. The quantitative estimate of drug-likeness (QED) is 0.603. The van der Waals surface area contributed by atoms with Crippen molar-refractivity contribution in [3.05, 3.63) is 78.6 Å². The fourth-order valence-electron chi connectivity index (χ4n) is 2.61. The molecule has 0 aliphatic heterocycles. The van der Waals surface area contributed by atoms with E-state index >= 15 is 0 Å². The second-order valence-electron chi connectivity index (χ2n) is 5.29. The van der Waals surface area contributed by atoms with Gasteiger partial charge in [-0.1, -0.05) is 47.6 Å². The fourth-order valence-corrected chi connectivity index (χ4v) is 2.61. The average molecular weight is 301 g/mol. The molecule has 0 radical (unpaired) electrons. The van der Waals surface area contributed by atoms with Gasteiger partial charge in [0.15, 0.2) is 5.58 Å². The molecule has 4 aromatic rings. The molecule has 0 saturated heterocycles. The molecule has 0 unspecified atom stereocenters. The highest BCUT2D eigenvalue weighted by atomic mass is 16.5. The maximum Gasteiger partial charge on any atom is 0.167 e. The Kier molecular flexibility index (Phi) is 3.48. The van der Waals surface area contributed by atoms with Crippen LogP contribution in [0.15, 0.2) is 77.6 Å². The topological polar surface area (TPSA) is 51.0 Å². The number of aromatic nitrogens is 2. The Morgan fingerprint density at radius 1 is 0.913 bits per heavy atom. The van der Waals surface area contributed by atoms with Crippen molar-refractivity contribution in [1.29, 1.82) is 0 Å². The van der Waals surface area contributed by atoms with Crippen molar-refractivity contribution in [3.63, 3.8) is 0 Å².